The molecule has 0 bridgehead atoms. The molecule has 0 saturated heterocycles. The molecule has 1 nitrogen and oxygen atoms in total. The molecule has 42 valence electrons. The van der Waals surface area contributed by atoms with Crippen molar-refractivity contribution < 1.29 is 29.6 Å². The molecule has 0 radical (unpaired) electrons. The predicted molar refractivity (Wildman–Crippen MR) is 34.7 cm³/mol. The molecule has 3 heteroatoms. The van der Waals surface area contributed by atoms with Crippen LogP contribution in [0.2, 0.25) is 5.02 Å². The van der Waals surface area contributed by atoms with Crippen LogP contribution in [0.1, 0.15) is 0 Å². The second kappa shape index (κ2) is 4.18. The SMILES string of the molecule is Nc1c[c-]ccc1Cl.[Na+]. The summed E-state index contributed by atoms with van der Waals surface area (Å²) in [5.74, 6) is 0. The maximum Gasteiger partial charge on any atom is 1.00 e. The normalized spacial score (nSPS) is 8.11. The summed E-state index contributed by atoms with van der Waals surface area (Å²) in [5.41, 5.74) is 5.93. The molecule has 0 spiro atoms. The molecular formula is C6H5ClNNa. The van der Waals surface area contributed by atoms with Crippen molar-refractivity contribution in [1.29, 1.82) is 0 Å². The number of nitrogens with two attached hydrogens (primary N) is 1. The summed E-state index contributed by atoms with van der Waals surface area (Å²) >= 11 is 5.56. The van der Waals surface area contributed by atoms with Gasteiger partial charge in [0.15, 0.2) is 0 Å². The van der Waals surface area contributed by atoms with Gasteiger partial charge in [-0.25, -0.2) is 0 Å². The Morgan fingerprint density at radius 2 is 2.22 bits per heavy atom. The molecule has 0 fully saturated rings. The molecule has 0 aliphatic rings. The molecule has 0 amide bonds. The molecule has 1 aromatic carbocycles. The van der Waals surface area contributed by atoms with E-state index in [-0.39, 0.29) is 29.6 Å². The number of hydrogen-bond donors (Lipinski definition) is 1. The summed E-state index contributed by atoms with van der Waals surface area (Å²) < 4.78 is 0. The summed E-state index contributed by atoms with van der Waals surface area (Å²) in [7, 11) is 0. The van der Waals surface area contributed by atoms with E-state index in [1.54, 1.807) is 18.2 Å². The first kappa shape index (κ1) is 9.31. The first-order chi connectivity index (χ1) is 3.80. The van der Waals surface area contributed by atoms with Crippen LogP contribution in [0.5, 0.6) is 0 Å². The summed E-state index contributed by atoms with van der Waals surface area (Å²) in [6.07, 6.45) is 0. The predicted octanol–water partition coefficient (Wildman–Crippen LogP) is -1.27. The van der Waals surface area contributed by atoms with Gasteiger partial charge in [-0.15, -0.1) is 11.6 Å². The van der Waals surface area contributed by atoms with Crippen LogP contribution in [0.15, 0.2) is 18.2 Å². The van der Waals surface area contributed by atoms with E-state index in [0.717, 1.165) is 0 Å². The fourth-order valence-electron chi connectivity index (χ4n) is 0.424. The van der Waals surface area contributed by atoms with Crippen LogP contribution in [0, 0.1) is 6.07 Å². The average molecular weight is 150 g/mol. The molecular weight excluding hydrogens is 145 g/mol. The van der Waals surface area contributed by atoms with Gasteiger partial charge >= 0.3 is 29.6 Å². The molecule has 0 heterocycles. The molecule has 2 N–H and O–H groups in total. The van der Waals surface area contributed by atoms with E-state index in [4.69, 9.17) is 17.3 Å². The van der Waals surface area contributed by atoms with E-state index >= 15 is 0 Å². The van der Waals surface area contributed by atoms with Crippen LogP contribution in [0.3, 0.4) is 0 Å². The minimum absolute atomic E-state index is 0. The number of anilines is 1. The molecule has 0 aromatic heterocycles. The number of nitrogen functional groups attached to an aromatic ring is 1. The summed E-state index contributed by atoms with van der Waals surface area (Å²) in [4.78, 5) is 0. The van der Waals surface area contributed by atoms with Gasteiger partial charge in [-0.2, -0.15) is 24.3 Å². The van der Waals surface area contributed by atoms with Gasteiger partial charge in [0.05, 0.1) is 0 Å². The Morgan fingerprint density at radius 3 is 2.56 bits per heavy atom. The Labute approximate surface area is 81.5 Å². The van der Waals surface area contributed by atoms with Gasteiger partial charge in [-0.3, -0.25) is 0 Å². The molecule has 0 atom stereocenters. The Balaban J connectivity index is 0.000000640. The van der Waals surface area contributed by atoms with Crippen molar-refractivity contribution >= 4 is 17.3 Å². The number of benzene rings is 1. The molecule has 0 aliphatic carbocycles. The van der Waals surface area contributed by atoms with Gasteiger partial charge in [0.25, 0.3) is 0 Å². The fraction of sp³-hybridized carbons (Fsp3) is 0. The van der Waals surface area contributed by atoms with Crippen molar-refractivity contribution in [3.63, 3.8) is 0 Å². The monoisotopic (exact) mass is 149 g/mol. The van der Waals surface area contributed by atoms with E-state index in [1.807, 2.05) is 0 Å². The standard InChI is InChI=1S/C6H5ClN.Na/c7-5-3-1-2-4-6(5)8;/h1,3-4H,8H2;/q-1;+1. The molecule has 9 heavy (non-hydrogen) atoms. The largest absolute Gasteiger partial charge is 1.00 e. The third-order valence-corrected chi connectivity index (χ3v) is 1.18. The second-order valence-electron chi connectivity index (χ2n) is 1.45. The fourth-order valence-corrected chi connectivity index (χ4v) is 0.542. The van der Waals surface area contributed by atoms with Crippen molar-refractivity contribution in [2.75, 3.05) is 5.73 Å². The Bertz CT molecular complexity index is 169. The maximum atomic E-state index is 5.56. The molecule has 0 unspecified atom stereocenters. The zero-order chi connectivity index (χ0) is 5.98. The quantitative estimate of drug-likeness (QED) is 0.278. The van der Waals surface area contributed by atoms with Gasteiger partial charge in [-0.05, 0) is 5.02 Å². The van der Waals surface area contributed by atoms with Gasteiger partial charge in [-0.1, -0.05) is 5.69 Å². The van der Waals surface area contributed by atoms with E-state index in [0.29, 0.717) is 10.7 Å². The van der Waals surface area contributed by atoms with Crippen LogP contribution < -0.4 is 35.3 Å². The third-order valence-electron chi connectivity index (χ3n) is 0.840. The number of halogens is 1. The zero-order valence-electron chi connectivity index (χ0n) is 5.19. The Hall–Kier alpha value is 0.310. The zero-order valence-corrected chi connectivity index (χ0v) is 7.94. The van der Waals surface area contributed by atoms with E-state index in [9.17, 15) is 0 Å². The summed E-state index contributed by atoms with van der Waals surface area (Å²) in [5, 5.41) is 0.587. The van der Waals surface area contributed by atoms with E-state index < -0.39 is 0 Å². The Morgan fingerprint density at radius 1 is 1.56 bits per heavy atom. The summed E-state index contributed by atoms with van der Waals surface area (Å²) in [6.45, 7) is 0. The topological polar surface area (TPSA) is 26.0 Å². The van der Waals surface area contributed by atoms with Crippen molar-refractivity contribution in [2.24, 2.45) is 0 Å². The summed E-state index contributed by atoms with van der Waals surface area (Å²) in [6, 6.07) is 7.86. The molecule has 0 saturated carbocycles. The van der Waals surface area contributed by atoms with E-state index in [2.05, 4.69) is 6.07 Å². The molecule has 1 rings (SSSR count). The minimum Gasteiger partial charge on any atom is -0.448 e. The Kier molecular flexibility index (Phi) is 4.32. The number of hydrogen-bond acceptors (Lipinski definition) is 1. The van der Waals surface area contributed by atoms with Gasteiger partial charge in [0, 0.05) is 0 Å². The van der Waals surface area contributed by atoms with Gasteiger partial charge < -0.3 is 5.73 Å². The van der Waals surface area contributed by atoms with Crippen LogP contribution in [0.4, 0.5) is 5.69 Å². The first-order valence-electron chi connectivity index (χ1n) is 2.22. The van der Waals surface area contributed by atoms with E-state index in [1.165, 1.54) is 0 Å². The van der Waals surface area contributed by atoms with Crippen molar-refractivity contribution in [2.45, 2.75) is 0 Å². The molecule has 1 aromatic rings. The van der Waals surface area contributed by atoms with Gasteiger partial charge in [0.2, 0.25) is 0 Å². The third kappa shape index (κ3) is 2.59. The van der Waals surface area contributed by atoms with Crippen LogP contribution in [-0.4, -0.2) is 0 Å². The first-order valence-corrected chi connectivity index (χ1v) is 2.59. The van der Waals surface area contributed by atoms with Crippen LogP contribution in [-0.2, 0) is 0 Å². The molecule has 0 aliphatic heterocycles. The van der Waals surface area contributed by atoms with Crippen molar-refractivity contribution in [3.05, 3.63) is 29.3 Å². The number of rotatable bonds is 0. The maximum absolute atomic E-state index is 5.56. The van der Waals surface area contributed by atoms with Crippen molar-refractivity contribution in [1.82, 2.24) is 0 Å². The van der Waals surface area contributed by atoms with Crippen molar-refractivity contribution in [3.8, 4) is 0 Å². The van der Waals surface area contributed by atoms with Crippen LogP contribution >= 0.6 is 11.6 Å². The van der Waals surface area contributed by atoms with Crippen LogP contribution in [0.25, 0.3) is 0 Å². The van der Waals surface area contributed by atoms with Gasteiger partial charge in [0.1, 0.15) is 0 Å². The second-order valence-corrected chi connectivity index (χ2v) is 1.85. The average Bonchev–Trinajstić information content (AvgIpc) is 1.77. The minimum atomic E-state index is 0. The smallest absolute Gasteiger partial charge is 0.448 e.